The molecule has 0 aromatic heterocycles. The molecule has 0 unspecified atom stereocenters. The topological polar surface area (TPSA) is 61.8 Å². The van der Waals surface area contributed by atoms with Crippen LogP contribution in [-0.2, 0) is 22.1 Å². The molecule has 2 aromatic carbocycles. The molecule has 0 atom stereocenters. The molecule has 0 aliphatic heterocycles. The van der Waals surface area contributed by atoms with Crippen LogP contribution in [0.1, 0.15) is 20.8 Å². The monoisotopic (exact) mass is 400 g/mol. The van der Waals surface area contributed by atoms with Crippen LogP contribution >= 0.6 is 10.8 Å². The number of rotatable bonds is 10. The van der Waals surface area contributed by atoms with Gasteiger partial charge in [-0.1, -0.05) is 36.4 Å². The quantitative estimate of drug-likeness (QED) is 0.446. The Morgan fingerprint density at radius 2 is 1.44 bits per heavy atom. The summed E-state index contributed by atoms with van der Waals surface area (Å²) in [4.78, 5) is 0.308. The largest absolute Gasteiger partial charge is 0.512 e. The third-order valence-corrected chi connectivity index (χ3v) is 11.3. The van der Waals surface area contributed by atoms with Gasteiger partial charge in [-0.25, -0.2) is 8.42 Å². The van der Waals surface area contributed by atoms with Gasteiger partial charge in [0.15, 0.2) is 0 Å². The lowest BCUT2D eigenvalue weighted by Gasteiger charge is -2.27. The van der Waals surface area contributed by atoms with E-state index < -0.39 is 17.7 Å². The minimum absolute atomic E-state index is 0.161. The number of hydrogen-bond acceptors (Lipinski definition) is 6. The van der Waals surface area contributed by atoms with Gasteiger partial charge in [-0.3, -0.25) is 0 Å². The van der Waals surface area contributed by atoms with Gasteiger partial charge in [0.05, 0.1) is 10.3 Å². The predicted molar refractivity (Wildman–Crippen MR) is 104 cm³/mol. The van der Waals surface area contributed by atoms with Crippen LogP contribution in [0, 0.1) is 0 Å². The third-order valence-electron chi connectivity index (χ3n) is 3.50. The normalized spacial score (nSPS) is 12.6. The van der Waals surface area contributed by atoms with E-state index in [1.807, 2.05) is 51.1 Å². The van der Waals surface area contributed by atoms with Crippen LogP contribution in [0.2, 0.25) is 0 Å². The average Bonchev–Trinajstić information content (AvgIpc) is 2.60. The van der Waals surface area contributed by atoms with E-state index in [1.165, 1.54) is 0 Å². The van der Waals surface area contributed by atoms with E-state index in [4.69, 9.17) is 13.3 Å². The molecule has 0 heterocycles. The average molecular weight is 401 g/mol. The second-order valence-corrected chi connectivity index (χ2v) is 12.2. The van der Waals surface area contributed by atoms with E-state index in [9.17, 15) is 8.42 Å². The van der Waals surface area contributed by atoms with E-state index >= 15 is 0 Å². The van der Waals surface area contributed by atoms with Gasteiger partial charge in [0, 0.05) is 25.2 Å². The molecule has 25 heavy (non-hydrogen) atoms. The zero-order chi connectivity index (χ0) is 18.3. The first kappa shape index (κ1) is 20.4. The summed E-state index contributed by atoms with van der Waals surface area (Å²) >= 11 is 0. The van der Waals surface area contributed by atoms with Crippen molar-refractivity contribution < 1.29 is 21.7 Å². The summed E-state index contributed by atoms with van der Waals surface area (Å²) in [5.41, 5.74) is 0. The molecule has 0 aliphatic carbocycles. The van der Waals surface area contributed by atoms with Crippen LogP contribution in [0.4, 0.5) is 0 Å². The molecule has 0 N–H and O–H groups in total. The highest BCUT2D eigenvalue weighted by Crippen LogP contribution is 2.32. The highest BCUT2D eigenvalue weighted by Gasteiger charge is 2.42. The Balaban J connectivity index is 2.30. The lowest BCUT2D eigenvalue weighted by atomic mass is 10.1. The Morgan fingerprint density at radius 1 is 0.880 bits per heavy atom. The number of fused-ring (bicyclic) bond motifs is 1. The molecule has 0 aliphatic rings. The van der Waals surface area contributed by atoms with Crippen molar-refractivity contribution in [1.82, 2.24) is 0 Å². The Hall–Kier alpha value is -0.903. The standard InChI is InChI=1S/C17H24O5S2Si/c1-4-20-25(21-5-2,22-6-3)14-23-24(18,19)17-13-9-11-15-10-7-8-12-16(15)17/h7-13H,4-6,14H2,1-3H3. The van der Waals surface area contributed by atoms with Gasteiger partial charge >= 0.3 is 8.80 Å². The minimum Gasteiger partial charge on any atom is -0.373 e. The maximum absolute atomic E-state index is 12.9. The smallest absolute Gasteiger partial charge is 0.373 e. The van der Waals surface area contributed by atoms with Crippen LogP contribution in [0.15, 0.2) is 47.4 Å². The lowest BCUT2D eigenvalue weighted by molar-refractivity contribution is 0.0773. The summed E-state index contributed by atoms with van der Waals surface area (Å²) in [6.45, 7) is 6.81. The molecule has 2 aromatic rings. The molecular weight excluding hydrogens is 376 g/mol. The zero-order valence-corrected chi connectivity index (χ0v) is 17.4. The maximum atomic E-state index is 12.9. The lowest BCUT2D eigenvalue weighted by Crippen LogP contribution is -2.49. The van der Waals surface area contributed by atoms with Gasteiger partial charge in [-0.05, 0) is 43.0 Å². The highest BCUT2D eigenvalue weighted by molar-refractivity contribution is 8.72. The molecule has 0 saturated carbocycles. The van der Waals surface area contributed by atoms with Gasteiger partial charge in [0.25, 0.3) is 0 Å². The molecule has 0 fully saturated rings. The maximum Gasteiger partial charge on any atom is 0.512 e. The van der Waals surface area contributed by atoms with Crippen molar-refractivity contribution in [2.75, 3.05) is 25.2 Å². The fourth-order valence-electron chi connectivity index (χ4n) is 2.54. The third kappa shape index (κ3) is 5.05. The van der Waals surface area contributed by atoms with E-state index in [0.717, 1.165) is 16.2 Å². The van der Waals surface area contributed by atoms with Crippen LogP contribution < -0.4 is 0 Å². The molecule has 2 rings (SSSR count). The summed E-state index contributed by atoms with van der Waals surface area (Å²) in [6, 6.07) is 12.7. The Bertz CT molecular complexity index is 772. The first-order chi connectivity index (χ1) is 12.0. The van der Waals surface area contributed by atoms with Crippen molar-refractivity contribution in [3.8, 4) is 0 Å². The molecule has 138 valence electrons. The Labute approximate surface area is 154 Å². The van der Waals surface area contributed by atoms with Gasteiger partial charge in [0.2, 0.25) is 8.87 Å². The van der Waals surface area contributed by atoms with Crippen molar-refractivity contribution in [2.45, 2.75) is 25.7 Å². The second kappa shape index (κ2) is 9.16. The van der Waals surface area contributed by atoms with E-state index in [0.29, 0.717) is 30.1 Å². The predicted octanol–water partition coefficient (Wildman–Crippen LogP) is 3.85. The summed E-state index contributed by atoms with van der Waals surface area (Å²) in [5, 5.41) is 1.77. The van der Waals surface area contributed by atoms with Crippen molar-refractivity contribution in [3.63, 3.8) is 0 Å². The first-order valence-electron chi connectivity index (χ1n) is 8.27. The van der Waals surface area contributed by atoms with Crippen molar-refractivity contribution in [3.05, 3.63) is 42.5 Å². The summed E-state index contributed by atoms with van der Waals surface area (Å²) in [7, 11) is -5.75. The Kier molecular flexibility index (Phi) is 7.47. The Morgan fingerprint density at radius 3 is 2.04 bits per heavy atom. The van der Waals surface area contributed by atoms with Gasteiger partial charge in [-0.2, -0.15) is 0 Å². The van der Waals surface area contributed by atoms with Gasteiger partial charge in [0.1, 0.15) is 0 Å². The fraction of sp³-hybridized carbons (Fsp3) is 0.412. The number of hydrogen-bond donors (Lipinski definition) is 0. The summed E-state index contributed by atoms with van der Waals surface area (Å²) in [5.74, 6) is 0. The zero-order valence-electron chi connectivity index (χ0n) is 14.7. The molecule has 0 bridgehead atoms. The first-order valence-corrected chi connectivity index (χ1v) is 13.2. The molecule has 5 nitrogen and oxygen atoms in total. The summed E-state index contributed by atoms with van der Waals surface area (Å²) in [6.07, 6.45) is 0. The molecule has 0 amide bonds. The molecule has 0 spiro atoms. The fourth-order valence-corrected chi connectivity index (χ4v) is 10.6. The van der Waals surface area contributed by atoms with Crippen molar-refractivity contribution in [1.29, 1.82) is 0 Å². The van der Waals surface area contributed by atoms with Crippen LogP contribution in [0.3, 0.4) is 0 Å². The molecular formula is C17H24O5S2Si. The minimum atomic E-state index is -3.56. The highest BCUT2D eigenvalue weighted by atomic mass is 33.1. The SMILES string of the molecule is CCO[Si](CSS(=O)(=O)c1cccc2ccccc12)(OCC)OCC. The molecule has 8 heteroatoms. The van der Waals surface area contributed by atoms with Crippen molar-refractivity contribution in [2.24, 2.45) is 0 Å². The van der Waals surface area contributed by atoms with E-state index in [-0.39, 0.29) is 5.38 Å². The molecule has 0 saturated heterocycles. The van der Waals surface area contributed by atoms with Crippen molar-refractivity contribution >= 4 is 39.2 Å². The van der Waals surface area contributed by atoms with Gasteiger partial charge in [-0.15, -0.1) is 0 Å². The van der Waals surface area contributed by atoms with E-state index in [2.05, 4.69) is 0 Å². The van der Waals surface area contributed by atoms with Crippen LogP contribution in [0.25, 0.3) is 10.8 Å². The summed E-state index contributed by atoms with van der Waals surface area (Å²) < 4.78 is 43.1. The van der Waals surface area contributed by atoms with Gasteiger partial charge < -0.3 is 13.3 Å². The van der Waals surface area contributed by atoms with Crippen LogP contribution in [-0.4, -0.2) is 42.4 Å². The molecule has 0 radical (unpaired) electrons. The second-order valence-electron chi connectivity index (χ2n) is 5.18. The number of benzene rings is 2. The van der Waals surface area contributed by atoms with Crippen LogP contribution in [0.5, 0.6) is 0 Å². The van der Waals surface area contributed by atoms with E-state index in [1.54, 1.807) is 12.1 Å².